The van der Waals surface area contributed by atoms with Gasteiger partial charge in [-0.15, -0.1) is 0 Å². The summed E-state index contributed by atoms with van der Waals surface area (Å²) in [5.41, 5.74) is 2.14. The molecule has 1 aliphatic rings. The van der Waals surface area contributed by atoms with E-state index in [2.05, 4.69) is 30.9 Å². The third-order valence-corrected chi connectivity index (χ3v) is 3.05. The van der Waals surface area contributed by atoms with Gasteiger partial charge in [-0.05, 0) is 40.9 Å². The van der Waals surface area contributed by atoms with Crippen molar-refractivity contribution in [3.05, 3.63) is 34.7 Å². The molecule has 4 heteroatoms. The molecule has 0 unspecified atom stereocenters. The number of aromatic amines is 1. The van der Waals surface area contributed by atoms with E-state index in [4.69, 9.17) is 0 Å². The number of halogens is 1. The van der Waals surface area contributed by atoms with Crippen molar-refractivity contribution in [2.45, 2.75) is 18.8 Å². The average Bonchev–Trinajstić information content (AvgIpc) is 2.99. The first-order chi connectivity index (χ1) is 7.33. The molecule has 2 aromatic rings. The van der Waals surface area contributed by atoms with Crippen molar-refractivity contribution in [1.29, 1.82) is 0 Å². The van der Waals surface area contributed by atoms with Crippen LogP contribution in [0.15, 0.2) is 29.0 Å². The highest BCUT2D eigenvalue weighted by Gasteiger charge is 2.25. The van der Waals surface area contributed by atoms with E-state index in [-0.39, 0.29) is 0 Å². The standard InChI is InChI=1S/C11H10BrN3/c12-8-3-4-9(13-5-8)11-14-6-10(15-11)7-1-2-7/h3-7H,1-2H2,(H,14,15). The molecule has 0 aliphatic heterocycles. The second-order valence-electron chi connectivity index (χ2n) is 3.82. The lowest BCUT2D eigenvalue weighted by atomic mass is 10.3. The van der Waals surface area contributed by atoms with Crippen molar-refractivity contribution in [3.8, 4) is 11.5 Å². The highest BCUT2D eigenvalue weighted by Crippen LogP contribution is 2.39. The van der Waals surface area contributed by atoms with Crippen molar-refractivity contribution >= 4 is 15.9 Å². The molecule has 0 saturated heterocycles. The molecule has 3 nitrogen and oxygen atoms in total. The van der Waals surface area contributed by atoms with Gasteiger partial charge in [-0.1, -0.05) is 0 Å². The largest absolute Gasteiger partial charge is 0.340 e. The van der Waals surface area contributed by atoms with E-state index in [0.29, 0.717) is 5.92 Å². The molecule has 2 aromatic heterocycles. The zero-order chi connectivity index (χ0) is 10.3. The van der Waals surface area contributed by atoms with Crippen LogP contribution in [0.1, 0.15) is 24.5 Å². The molecule has 0 bridgehead atoms. The Morgan fingerprint density at radius 1 is 1.20 bits per heavy atom. The monoisotopic (exact) mass is 263 g/mol. The molecular weight excluding hydrogens is 254 g/mol. The Bertz CT molecular complexity index is 471. The Morgan fingerprint density at radius 2 is 2.07 bits per heavy atom. The highest BCUT2D eigenvalue weighted by molar-refractivity contribution is 9.10. The molecule has 0 aromatic carbocycles. The minimum Gasteiger partial charge on any atom is -0.340 e. The van der Waals surface area contributed by atoms with Crippen LogP contribution in [-0.2, 0) is 0 Å². The first-order valence-electron chi connectivity index (χ1n) is 5.00. The lowest BCUT2D eigenvalue weighted by Gasteiger charge is -1.95. The van der Waals surface area contributed by atoms with Gasteiger partial charge in [0.15, 0.2) is 5.82 Å². The molecule has 1 fully saturated rings. The van der Waals surface area contributed by atoms with Gasteiger partial charge in [-0.25, -0.2) is 4.98 Å². The van der Waals surface area contributed by atoms with Crippen molar-refractivity contribution in [2.75, 3.05) is 0 Å². The smallest absolute Gasteiger partial charge is 0.156 e. The van der Waals surface area contributed by atoms with Crippen LogP contribution in [0, 0.1) is 0 Å². The predicted octanol–water partition coefficient (Wildman–Crippen LogP) is 3.11. The van der Waals surface area contributed by atoms with E-state index in [0.717, 1.165) is 16.0 Å². The molecule has 15 heavy (non-hydrogen) atoms. The van der Waals surface area contributed by atoms with E-state index >= 15 is 0 Å². The number of imidazole rings is 1. The SMILES string of the molecule is Brc1ccc(-c2ncc(C3CC3)[nH]2)nc1. The molecule has 0 amide bonds. The second-order valence-corrected chi connectivity index (χ2v) is 4.74. The summed E-state index contributed by atoms with van der Waals surface area (Å²) in [4.78, 5) is 12.0. The Kier molecular flexibility index (Phi) is 2.09. The maximum Gasteiger partial charge on any atom is 0.156 e. The molecule has 0 radical (unpaired) electrons. The Hall–Kier alpha value is -1.16. The normalized spacial score (nSPS) is 15.5. The zero-order valence-electron chi connectivity index (χ0n) is 8.07. The number of nitrogens with zero attached hydrogens (tertiary/aromatic N) is 2. The summed E-state index contributed by atoms with van der Waals surface area (Å²) < 4.78 is 0.986. The van der Waals surface area contributed by atoms with E-state index < -0.39 is 0 Å². The van der Waals surface area contributed by atoms with Crippen molar-refractivity contribution in [3.63, 3.8) is 0 Å². The molecule has 2 heterocycles. The van der Waals surface area contributed by atoms with Crippen LogP contribution in [0.2, 0.25) is 0 Å². The minimum absolute atomic E-state index is 0.710. The van der Waals surface area contributed by atoms with Gasteiger partial charge in [0.2, 0.25) is 0 Å². The summed E-state index contributed by atoms with van der Waals surface area (Å²) in [6, 6.07) is 3.93. The molecule has 1 saturated carbocycles. The summed E-state index contributed by atoms with van der Waals surface area (Å²) >= 11 is 3.36. The van der Waals surface area contributed by atoms with Crippen molar-refractivity contribution in [1.82, 2.24) is 15.0 Å². The summed E-state index contributed by atoms with van der Waals surface area (Å²) in [6.45, 7) is 0. The number of nitrogens with one attached hydrogen (secondary N) is 1. The second kappa shape index (κ2) is 3.45. The number of pyridine rings is 1. The van der Waals surface area contributed by atoms with Crippen LogP contribution >= 0.6 is 15.9 Å². The van der Waals surface area contributed by atoms with Crippen molar-refractivity contribution < 1.29 is 0 Å². The maximum atomic E-state index is 4.34. The van der Waals surface area contributed by atoms with Gasteiger partial charge < -0.3 is 4.98 Å². The van der Waals surface area contributed by atoms with E-state index in [1.807, 2.05) is 18.3 Å². The average molecular weight is 264 g/mol. The molecule has 0 spiro atoms. The third kappa shape index (κ3) is 1.81. The third-order valence-electron chi connectivity index (χ3n) is 2.58. The summed E-state index contributed by atoms with van der Waals surface area (Å²) in [7, 11) is 0. The van der Waals surface area contributed by atoms with Crippen molar-refractivity contribution in [2.24, 2.45) is 0 Å². The van der Waals surface area contributed by atoms with Gasteiger partial charge >= 0.3 is 0 Å². The Morgan fingerprint density at radius 3 is 2.73 bits per heavy atom. The van der Waals surface area contributed by atoms with Crippen LogP contribution in [-0.4, -0.2) is 15.0 Å². The summed E-state index contributed by atoms with van der Waals surface area (Å²) in [5.74, 6) is 1.58. The number of H-pyrrole nitrogens is 1. The quantitative estimate of drug-likeness (QED) is 0.905. The van der Waals surface area contributed by atoms with E-state index in [1.54, 1.807) is 6.20 Å². The van der Waals surface area contributed by atoms with Gasteiger partial charge in [-0.3, -0.25) is 4.98 Å². The Balaban J connectivity index is 1.93. The van der Waals surface area contributed by atoms with Crippen LogP contribution in [0.4, 0.5) is 0 Å². The molecule has 0 atom stereocenters. The summed E-state index contributed by atoms with van der Waals surface area (Å²) in [6.07, 6.45) is 6.29. The first-order valence-corrected chi connectivity index (χ1v) is 5.79. The number of hydrogen-bond acceptors (Lipinski definition) is 2. The van der Waals surface area contributed by atoms with Gasteiger partial charge in [0.05, 0.1) is 0 Å². The van der Waals surface area contributed by atoms with Gasteiger partial charge in [0.25, 0.3) is 0 Å². The van der Waals surface area contributed by atoms with Gasteiger partial charge in [0, 0.05) is 28.5 Å². The molecule has 1 N–H and O–H groups in total. The van der Waals surface area contributed by atoms with Gasteiger partial charge in [-0.2, -0.15) is 0 Å². The number of aromatic nitrogens is 3. The fourth-order valence-electron chi connectivity index (χ4n) is 1.58. The highest BCUT2D eigenvalue weighted by atomic mass is 79.9. The first kappa shape index (κ1) is 9.09. The van der Waals surface area contributed by atoms with Crippen LogP contribution < -0.4 is 0 Å². The topological polar surface area (TPSA) is 41.6 Å². The van der Waals surface area contributed by atoms with Crippen LogP contribution in [0.3, 0.4) is 0 Å². The number of hydrogen-bond donors (Lipinski definition) is 1. The lowest BCUT2D eigenvalue weighted by Crippen LogP contribution is -1.85. The minimum atomic E-state index is 0.710. The van der Waals surface area contributed by atoms with E-state index in [9.17, 15) is 0 Å². The fourth-order valence-corrected chi connectivity index (χ4v) is 1.82. The van der Waals surface area contributed by atoms with E-state index in [1.165, 1.54) is 18.5 Å². The summed E-state index contributed by atoms with van der Waals surface area (Å²) in [5, 5.41) is 0. The van der Waals surface area contributed by atoms with Crippen LogP contribution in [0.25, 0.3) is 11.5 Å². The molecule has 76 valence electrons. The van der Waals surface area contributed by atoms with Crippen LogP contribution in [0.5, 0.6) is 0 Å². The fraction of sp³-hybridized carbons (Fsp3) is 0.273. The predicted molar refractivity (Wildman–Crippen MR) is 61.5 cm³/mol. The van der Waals surface area contributed by atoms with Gasteiger partial charge in [0.1, 0.15) is 5.69 Å². The number of rotatable bonds is 2. The zero-order valence-corrected chi connectivity index (χ0v) is 9.66. The maximum absolute atomic E-state index is 4.34. The molecule has 3 rings (SSSR count). The lowest BCUT2D eigenvalue weighted by molar-refractivity contribution is 1.05. The molecule has 1 aliphatic carbocycles. The molecular formula is C11H10BrN3. The Labute approximate surface area is 96.1 Å².